The summed E-state index contributed by atoms with van der Waals surface area (Å²) in [4.78, 5) is 2.34. The van der Waals surface area contributed by atoms with Gasteiger partial charge in [0, 0.05) is 19.6 Å². The molecule has 0 spiro atoms. The van der Waals surface area contributed by atoms with Crippen molar-refractivity contribution >= 4 is 0 Å². The van der Waals surface area contributed by atoms with Gasteiger partial charge in [-0.05, 0) is 19.4 Å². The van der Waals surface area contributed by atoms with E-state index in [9.17, 15) is 0 Å². The van der Waals surface area contributed by atoms with Gasteiger partial charge in [-0.15, -0.1) is 0 Å². The number of rotatable bonds is 5. The van der Waals surface area contributed by atoms with E-state index in [1.165, 1.54) is 25.7 Å². The summed E-state index contributed by atoms with van der Waals surface area (Å²) in [5.41, 5.74) is 0. The van der Waals surface area contributed by atoms with E-state index in [4.69, 9.17) is 5.26 Å². The number of hydrogen-bond acceptors (Lipinski definition) is 3. The molecule has 1 rings (SSSR count). The maximum atomic E-state index is 9.16. The lowest BCUT2D eigenvalue weighted by molar-refractivity contribution is 0.236. The topological polar surface area (TPSA) is 39.1 Å². The fourth-order valence-electron chi connectivity index (χ4n) is 2.09. The van der Waals surface area contributed by atoms with E-state index in [0.717, 1.165) is 32.6 Å². The largest absolute Gasteiger partial charge is 0.315 e. The van der Waals surface area contributed by atoms with E-state index in [2.05, 4.69) is 23.2 Å². The van der Waals surface area contributed by atoms with E-state index in [1.54, 1.807) is 0 Å². The molecule has 1 unspecified atom stereocenters. The van der Waals surface area contributed by atoms with Crippen LogP contribution in [0.5, 0.6) is 0 Å². The molecule has 1 atom stereocenters. The van der Waals surface area contributed by atoms with E-state index >= 15 is 0 Å². The SMILES string of the molecule is CCCCCC(C#N)N1CCCNCC1. The van der Waals surface area contributed by atoms with Crippen molar-refractivity contribution < 1.29 is 0 Å². The Hall–Kier alpha value is -0.590. The molecular weight excluding hydrogens is 186 g/mol. The fraction of sp³-hybridized carbons (Fsp3) is 0.917. The Labute approximate surface area is 93.5 Å². The number of nitrogens with zero attached hydrogens (tertiary/aromatic N) is 2. The van der Waals surface area contributed by atoms with Crippen molar-refractivity contribution in [2.75, 3.05) is 26.2 Å². The molecule has 1 aliphatic heterocycles. The van der Waals surface area contributed by atoms with Crippen molar-refractivity contribution in [2.24, 2.45) is 0 Å². The first-order valence-corrected chi connectivity index (χ1v) is 6.23. The second kappa shape index (κ2) is 7.67. The first kappa shape index (κ1) is 12.5. The van der Waals surface area contributed by atoms with Gasteiger partial charge < -0.3 is 5.32 Å². The molecule has 15 heavy (non-hydrogen) atoms. The summed E-state index contributed by atoms with van der Waals surface area (Å²) in [6.45, 7) is 6.45. The predicted molar refractivity (Wildman–Crippen MR) is 62.6 cm³/mol. The van der Waals surface area contributed by atoms with Crippen LogP contribution in [0.15, 0.2) is 0 Å². The standard InChI is InChI=1S/C12H23N3/c1-2-3-4-6-12(11-13)15-9-5-7-14-8-10-15/h12,14H,2-10H2,1H3. The van der Waals surface area contributed by atoms with Crippen LogP contribution in [0.2, 0.25) is 0 Å². The Morgan fingerprint density at radius 3 is 2.93 bits per heavy atom. The molecule has 0 aromatic carbocycles. The number of unbranched alkanes of at least 4 members (excludes halogenated alkanes) is 2. The van der Waals surface area contributed by atoms with Crippen molar-refractivity contribution in [3.8, 4) is 6.07 Å². The molecule has 0 bridgehead atoms. The molecule has 1 heterocycles. The highest BCUT2D eigenvalue weighted by atomic mass is 15.2. The molecule has 0 aromatic rings. The zero-order chi connectivity index (χ0) is 10.9. The third-order valence-electron chi connectivity index (χ3n) is 3.05. The average Bonchev–Trinajstić information content (AvgIpc) is 2.53. The molecule has 0 aromatic heterocycles. The molecule has 86 valence electrons. The van der Waals surface area contributed by atoms with Gasteiger partial charge >= 0.3 is 0 Å². The quantitative estimate of drug-likeness (QED) is 0.701. The minimum atomic E-state index is 0.149. The van der Waals surface area contributed by atoms with Crippen LogP contribution in [0.25, 0.3) is 0 Å². The van der Waals surface area contributed by atoms with Crippen LogP contribution in [0, 0.1) is 11.3 Å². The summed E-state index contributed by atoms with van der Waals surface area (Å²) in [6, 6.07) is 2.61. The van der Waals surface area contributed by atoms with Crippen molar-refractivity contribution in [3.63, 3.8) is 0 Å². The lowest BCUT2D eigenvalue weighted by Gasteiger charge is -2.24. The highest BCUT2D eigenvalue weighted by Gasteiger charge is 2.18. The molecule has 1 fully saturated rings. The predicted octanol–water partition coefficient (Wildman–Crippen LogP) is 1.75. The van der Waals surface area contributed by atoms with Crippen molar-refractivity contribution in [1.82, 2.24) is 10.2 Å². The lowest BCUT2D eigenvalue weighted by atomic mass is 10.1. The van der Waals surface area contributed by atoms with Crippen molar-refractivity contribution in [2.45, 2.75) is 45.1 Å². The van der Waals surface area contributed by atoms with E-state index < -0.39 is 0 Å². The second-order valence-corrected chi connectivity index (χ2v) is 4.28. The van der Waals surface area contributed by atoms with Gasteiger partial charge in [0.2, 0.25) is 0 Å². The lowest BCUT2D eigenvalue weighted by Crippen LogP contribution is -2.37. The number of nitriles is 1. The molecule has 3 heteroatoms. The number of hydrogen-bond donors (Lipinski definition) is 1. The first-order valence-electron chi connectivity index (χ1n) is 6.23. The minimum Gasteiger partial charge on any atom is -0.315 e. The molecule has 0 aliphatic carbocycles. The maximum Gasteiger partial charge on any atom is 0.0978 e. The van der Waals surface area contributed by atoms with Gasteiger partial charge in [-0.25, -0.2) is 0 Å². The summed E-state index contributed by atoms with van der Waals surface area (Å²) >= 11 is 0. The Balaban J connectivity index is 2.31. The van der Waals surface area contributed by atoms with Gasteiger partial charge in [-0.3, -0.25) is 4.90 Å². The van der Waals surface area contributed by atoms with E-state index in [-0.39, 0.29) is 6.04 Å². The van der Waals surface area contributed by atoms with E-state index in [0.29, 0.717) is 0 Å². The van der Waals surface area contributed by atoms with Gasteiger partial charge in [0.15, 0.2) is 0 Å². The van der Waals surface area contributed by atoms with Crippen molar-refractivity contribution in [1.29, 1.82) is 5.26 Å². The fourth-order valence-corrected chi connectivity index (χ4v) is 2.09. The molecule has 1 N–H and O–H groups in total. The van der Waals surface area contributed by atoms with E-state index in [1.807, 2.05) is 0 Å². The second-order valence-electron chi connectivity index (χ2n) is 4.28. The van der Waals surface area contributed by atoms with Crippen LogP contribution in [0.1, 0.15) is 39.0 Å². The Morgan fingerprint density at radius 1 is 1.33 bits per heavy atom. The Bertz CT molecular complexity index is 190. The van der Waals surface area contributed by atoms with Crippen LogP contribution in [-0.2, 0) is 0 Å². The van der Waals surface area contributed by atoms with Crippen LogP contribution in [0.3, 0.4) is 0 Å². The van der Waals surface area contributed by atoms with Gasteiger partial charge in [0.05, 0.1) is 12.1 Å². The number of nitrogens with one attached hydrogen (secondary N) is 1. The zero-order valence-corrected chi connectivity index (χ0v) is 9.84. The van der Waals surface area contributed by atoms with Crippen LogP contribution in [0.4, 0.5) is 0 Å². The zero-order valence-electron chi connectivity index (χ0n) is 9.84. The summed E-state index contributed by atoms with van der Waals surface area (Å²) in [7, 11) is 0. The maximum absolute atomic E-state index is 9.16. The van der Waals surface area contributed by atoms with Gasteiger partial charge in [0.1, 0.15) is 0 Å². The Kier molecular flexibility index (Phi) is 6.38. The molecule has 0 radical (unpaired) electrons. The molecule has 0 saturated carbocycles. The molecule has 1 saturated heterocycles. The van der Waals surface area contributed by atoms with Crippen LogP contribution in [-0.4, -0.2) is 37.1 Å². The highest BCUT2D eigenvalue weighted by Crippen LogP contribution is 2.10. The molecule has 3 nitrogen and oxygen atoms in total. The van der Waals surface area contributed by atoms with Crippen LogP contribution >= 0.6 is 0 Å². The smallest absolute Gasteiger partial charge is 0.0978 e. The highest BCUT2D eigenvalue weighted by molar-refractivity contribution is 4.92. The third kappa shape index (κ3) is 4.63. The molecular formula is C12H23N3. The van der Waals surface area contributed by atoms with Gasteiger partial charge in [-0.2, -0.15) is 5.26 Å². The first-order chi connectivity index (χ1) is 7.38. The normalized spacial score (nSPS) is 20.5. The third-order valence-corrected chi connectivity index (χ3v) is 3.05. The average molecular weight is 209 g/mol. The van der Waals surface area contributed by atoms with Gasteiger partial charge in [0.25, 0.3) is 0 Å². The summed E-state index contributed by atoms with van der Waals surface area (Å²) < 4.78 is 0. The van der Waals surface area contributed by atoms with Crippen LogP contribution < -0.4 is 5.32 Å². The Morgan fingerprint density at radius 2 is 2.20 bits per heavy atom. The summed E-state index contributed by atoms with van der Waals surface area (Å²) in [5.74, 6) is 0. The van der Waals surface area contributed by atoms with Gasteiger partial charge in [-0.1, -0.05) is 26.2 Å². The summed E-state index contributed by atoms with van der Waals surface area (Å²) in [5, 5.41) is 12.5. The molecule has 1 aliphatic rings. The monoisotopic (exact) mass is 209 g/mol. The van der Waals surface area contributed by atoms with Crippen molar-refractivity contribution in [3.05, 3.63) is 0 Å². The summed E-state index contributed by atoms with van der Waals surface area (Å²) in [6.07, 6.45) is 5.90. The minimum absolute atomic E-state index is 0.149. The molecule has 0 amide bonds.